The summed E-state index contributed by atoms with van der Waals surface area (Å²) >= 11 is 0. The molecule has 0 saturated carbocycles. The van der Waals surface area contributed by atoms with Gasteiger partial charge in [0, 0.05) is 20.2 Å². The molecular formula is C20H32N2O3. The molecule has 1 aromatic rings. The van der Waals surface area contributed by atoms with E-state index in [2.05, 4.69) is 26.1 Å². The van der Waals surface area contributed by atoms with Gasteiger partial charge in [-0.25, -0.2) is 4.79 Å². The Balaban J connectivity index is 1.93. The predicted molar refractivity (Wildman–Crippen MR) is 102 cm³/mol. The lowest BCUT2D eigenvalue weighted by Gasteiger charge is -2.23. The summed E-state index contributed by atoms with van der Waals surface area (Å²) in [4.78, 5) is 14.2. The number of carbonyl (C=O) groups excluding carboxylic acids is 1. The SMILES string of the molecule is COc1ccc(C(C)(C)C)cc1NC(=O)N(C)CCC[C@@H]1CCCO1. The highest BCUT2D eigenvalue weighted by Gasteiger charge is 2.19. The zero-order valence-electron chi connectivity index (χ0n) is 16.2. The smallest absolute Gasteiger partial charge is 0.321 e. The predicted octanol–water partition coefficient (Wildman–Crippen LogP) is 4.42. The fourth-order valence-electron chi connectivity index (χ4n) is 3.01. The van der Waals surface area contributed by atoms with Crippen molar-refractivity contribution in [1.29, 1.82) is 0 Å². The second-order valence-electron chi connectivity index (χ2n) is 7.79. The third-order valence-corrected chi connectivity index (χ3v) is 4.70. The lowest BCUT2D eigenvalue weighted by atomic mass is 9.87. The van der Waals surface area contributed by atoms with Crippen LogP contribution in [0.25, 0.3) is 0 Å². The van der Waals surface area contributed by atoms with Crippen molar-refractivity contribution in [1.82, 2.24) is 4.90 Å². The van der Waals surface area contributed by atoms with E-state index < -0.39 is 0 Å². The van der Waals surface area contributed by atoms with Crippen molar-refractivity contribution in [3.05, 3.63) is 23.8 Å². The molecule has 0 aromatic heterocycles. The maximum atomic E-state index is 12.5. The fraction of sp³-hybridized carbons (Fsp3) is 0.650. The van der Waals surface area contributed by atoms with Gasteiger partial charge < -0.3 is 19.7 Å². The summed E-state index contributed by atoms with van der Waals surface area (Å²) in [7, 11) is 3.44. The van der Waals surface area contributed by atoms with Gasteiger partial charge in [-0.05, 0) is 48.8 Å². The standard InChI is InChI=1S/C20H32N2O3/c1-20(2,3)15-10-11-18(24-5)17(14-15)21-19(23)22(4)12-6-8-16-9-7-13-25-16/h10-11,14,16H,6-9,12-13H2,1-5H3,(H,21,23)/t16-/m1/s1. The molecule has 1 aromatic carbocycles. The molecule has 5 nitrogen and oxygen atoms in total. The number of nitrogens with zero attached hydrogens (tertiary/aromatic N) is 1. The Kier molecular flexibility index (Phi) is 6.71. The van der Waals surface area contributed by atoms with Crippen LogP contribution < -0.4 is 10.1 Å². The third-order valence-electron chi connectivity index (χ3n) is 4.70. The molecule has 0 aliphatic carbocycles. The van der Waals surface area contributed by atoms with Crippen LogP contribution in [-0.2, 0) is 10.2 Å². The molecule has 1 aliphatic heterocycles. The lowest BCUT2D eigenvalue weighted by molar-refractivity contribution is 0.101. The van der Waals surface area contributed by atoms with Crippen molar-refractivity contribution in [2.24, 2.45) is 0 Å². The number of urea groups is 1. The average molecular weight is 348 g/mol. The fourth-order valence-corrected chi connectivity index (χ4v) is 3.01. The third kappa shape index (κ3) is 5.63. The van der Waals surface area contributed by atoms with Crippen LogP contribution in [0, 0.1) is 0 Å². The zero-order valence-corrected chi connectivity index (χ0v) is 16.2. The van der Waals surface area contributed by atoms with E-state index >= 15 is 0 Å². The summed E-state index contributed by atoms with van der Waals surface area (Å²) in [6.45, 7) is 8.05. The minimum absolute atomic E-state index is 0.0128. The largest absolute Gasteiger partial charge is 0.495 e. The van der Waals surface area contributed by atoms with Gasteiger partial charge >= 0.3 is 6.03 Å². The van der Waals surface area contributed by atoms with E-state index in [1.165, 1.54) is 0 Å². The number of amides is 2. The molecule has 1 aliphatic rings. The van der Waals surface area contributed by atoms with E-state index in [-0.39, 0.29) is 11.4 Å². The first-order valence-corrected chi connectivity index (χ1v) is 9.13. The first-order chi connectivity index (χ1) is 11.8. The number of rotatable bonds is 6. The van der Waals surface area contributed by atoms with Crippen molar-refractivity contribution in [2.75, 3.05) is 32.6 Å². The molecule has 1 N–H and O–H groups in total. The van der Waals surface area contributed by atoms with E-state index in [9.17, 15) is 4.79 Å². The number of anilines is 1. The highest BCUT2D eigenvalue weighted by Crippen LogP contribution is 2.31. The number of methoxy groups -OCH3 is 1. The molecule has 0 unspecified atom stereocenters. The first-order valence-electron chi connectivity index (χ1n) is 9.13. The van der Waals surface area contributed by atoms with Crippen LogP contribution in [0.15, 0.2) is 18.2 Å². The zero-order chi connectivity index (χ0) is 18.4. The van der Waals surface area contributed by atoms with Gasteiger partial charge in [0.25, 0.3) is 0 Å². The normalized spacial score (nSPS) is 17.4. The average Bonchev–Trinajstić information content (AvgIpc) is 3.07. The van der Waals surface area contributed by atoms with E-state index in [1.807, 2.05) is 25.2 Å². The second kappa shape index (κ2) is 8.56. The molecule has 0 radical (unpaired) electrons. The van der Waals surface area contributed by atoms with Crippen LogP contribution in [0.4, 0.5) is 10.5 Å². The Labute approximate surface area is 151 Å². The summed E-state index contributed by atoms with van der Waals surface area (Å²) < 4.78 is 11.0. The number of nitrogens with one attached hydrogen (secondary N) is 1. The number of carbonyl (C=O) groups is 1. The molecule has 1 atom stereocenters. The highest BCUT2D eigenvalue weighted by atomic mass is 16.5. The maximum absolute atomic E-state index is 12.5. The summed E-state index contributed by atoms with van der Waals surface area (Å²) in [5, 5.41) is 2.98. The number of benzene rings is 1. The summed E-state index contributed by atoms with van der Waals surface area (Å²) in [6, 6.07) is 5.83. The lowest BCUT2D eigenvalue weighted by Crippen LogP contribution is -2.32. The molecule has 0 spiro atoms. The molecule has 5 heteroatoms. The van der Waals surface area contributed by atoms with Crippen LogP contribution in [0.5, 0.6) is 5.75 Å². The second-order valence-corrected chi connectivity index (χ2v) is 7.79. The van der Waals surface area contributed by atoms with Crippen molar-refractivity contribution in [3.63, 3.8) is 0 Å². The van der Waals surface area contributed by atoms with Gasteiger partial charge in [-0.3, -0.25) is 0 Å². The van der Waals surface area contributed by atoms with Crippen LogP contribution in [0.1, 0.15) is 52.0 Å². The van der Waals surface area contributed by atoms with E-state index in [4.69, 9.17) is 9.47 Å². The minimum Gasteiger partial charge on any atom is -0.495 e. The topological polar surface area (TPSA) is 50.8 Å². The highest BCUT2D eigenvalue weighted by molar-refractivity contribution is 5.91. The number of hydrogen-bond donors (Lipinski definition) is 1. The quantitative estimate of drug-likeness (QED) is 0.828. The van der Waals surface area contributed by atoms with Gasteiger partial charge in [0.05, 0.1) is 18.9 Å². The Bertz CT molecular complexity index is 575. The van der Waals surface area contributed by atoms with Gasteiger partial charge in [-0.1, -0.05) is 26.8 Å². The van der Waals surface area contributed by atoms with E-state index in [1.54, 1.807) is 12.0 Å². The first kappa shape index (κ1) is 19.6. The molecule has 140 valence electrons. The Hall–Kier alpha value is -1.75. The van der Waals surface area contributed by atoms with Gasteiger partial charge in [-0.15, -0.1) is 0 Å². The summed E-state index contributed by atoms with van der Waals surface area (Å²) in [5.41, 5.74) is 1.88. The van der Waals surface area contributed by atoms with E-state index in [0.717, 1.165) is 37.9 Å². The van der Waals surface area contributed by atoms with Crippen molar-refractivity contribution >= 4 is 11.7 Å². The molecule has 25 heavy (non-hydrogen) atoms. The van der Waals surface area contributed by atoms with Gasteiger partial charge in [0.2, 0.25) is 0 Å². The molecule has 1 saturated heterocycles. The summed E-state index contributed by atoms with van der Waals surface area (Å²) in [5.74, 6) is 0.675. The van der Waals surface area contributed by atoms with Crippen LogP contribution >= 0.6 is 0 Å². The van der Waals surface area contributed by atoms with Gasteiger partial charge in [0.15, 0.2) is 0 Å². The monoisotopic (exact) mass is 348 g/mol. The molecule has 0 bridgehead atoms. The van der Waals surface area contributed by atoms with Crippen LogP contribution in [0.3, 0.4) is 0 Å². The molecule has 1 heterocycles. The Morgan fingerprint density at radius 1 is 1.40 bits per heavy atom. The Morgan fingerprint density at radius 3 is 2.76 bits per heavy atom. The number of hydrogen-bond acceptors (Lipinski definition) is 3. The molecule has 1 fully saturated rings. The van der Waals surface area contributed by atoms with Gasteiger partial charge in [-0.2, -0.15) is 0 Å². The Morgan fingerprint density at radius 2 is 2.16 bits per heavy atom. The van der Waals surface area contributed by atoms with Crippen molar-refractivity contribution in [3.8, 4) is 5.75 Å². The molecular weight excluding hydrogens is 316 g/mol. The number of ether oxygens (including phenoxy) is 2. The van der Waals surface area contributed by atoms with Crippen molar-refractivity contribution < 1.29 is 14.3 Å². The van der Waals surface area contributed by atoms with Crippen LogP contribution in [-0.4, -0.2) is 44.3 Å². The van der Waals surface area contributed by atoms with E-state index in [0.29, 0.717) is 24.1 Å². The minimum atomic E-state index is -0.114. The summed E-state index contributed by atoms with van der Waals surface area (Å²) in [6.07, 6.45) is 4.64. The van der Waals surface area contributed by atoms with Crippen LogP contribution in [0.2, 0.25) is 0 Å². The maximum Gasteiger partial charge on any atom is 0.321 e. The van der Waals surface area contributed by atoms with Gasteiger partial charge in [0.1, 0.15) is 5.75 Å². The molecule has 2 amide bonds. The molecule has 2 rings (SSSR count). The van der Waals surface area contributed by atoms with Crippen molar-refractivity contribution in [2.45, 2.75) is 58.0 Å².